The number of unbranched alkanes of at least 4 members (excludes halogenated alkanes) is 21. The quantitative estimate of drug-likeness (QED) is 0.0199. The molecule has 0 aliphatic carbocycles. The molecule has 0 aromatic rings. The van der Waals surface area contributed by atoms with Gasteiger partial charge in [-0.15, -0.1) is 0 Å². The normalized spacial score (nSPS) is 13.0. The molecule has 0 saturated heterocycles. The van der Waals surface area contributed by atoms with Crippen LogP contribution in [0.1, 0.15) is 233 Å². The van der Waals surface area contributed by atoms with Crippen LogP contribution in [0.15, 0.2) is 109 Å². The Labute approximate surface area is 406 Å². The molecule has 0 aromatic heterocycles. The lowest BCUT2D eigenvalue weighted by atomic mass is 10.1. The van der Waals surface area contributed by atoms with E-state index in [1.165, 1.54) is 77.0 Å². The third kappa shape index (κ3) is 51.1. The van der Waals surface area contributed by atoms with Crippen molar-refractivity contribution < 1.29 is 28.6 Å². The fraction of sp³-hybridized carbons (Fsp3) is 0.650. The monoisotopic (exact) mass is 915 g/mol. The molecule has 0 saturated carbocycles. The maximum atomic E-state index is 12.8. The van der Waals surface area contributed by atoms with Crippen molar-refractivity contribution in [2.24, 2.45) is 0 Å². The summed E-state index contributed by atoms with van der Waals surface area (Å²) in [7, 11) is 0. The average Bonchev–Trinajstić information content (AvgIpc) is 3.31. The van der Waals surface area contributed by atoms with Gasteiger partial charge in [0.2, 0.25) is 0 Å². The predicted molar refractivity (Wildman–Crippen MR) is 283 cm³/mol. The Morgan fingerprint density at radius 3 is 1.14 bits per heavy atom. The fourth-order valence-corrected chi connectivity index (χ4v) is 7.01. The van der Waals surface area contributed by atoms with E-state index in [4.69, 9.17) is 14.2 Å². The van der Waals surface area contributed by atoms with Crippen molar-refractivity contribution in [2.45, 2.75) is 239 Å². The van der Waals surface area contributed by atoms with Gasteiger partial charge in [-0.1, -0.05) is 220 Å². The van der Waals surface area contributed by atoms with E-state index in [-0.39, 0.29) is 37.5 Å². The Kier molecular flexibility index (Phi) is 50.5. The van der Waals surface area contributed by atoms with Crippen molar-refractivity contribution in [3.05, 3.63) is 109 Å². The van der Waals surface area contributed by atoms with Gasteiger partial charge in [0, 0.05) is 19.3 Å². The molecule has 0 bridgehead atoms. The Bertz CT molecular complexity index is 1370. The molecular formula is C60H98O6. The summed E-state index contributed by atoms with van der Waals surface area (Å²) in [4.78, 5) is 38.0. The number of ether oxygens (including phenoxy) is 3. The molecular weight excluding hydrogens is 817 g/mol. The van der Waals surface area contributed by atoms with E-state index >= 15 is 0 Å². The van der Waals surface area contributed by atoms with Gasteiger partial charge in [-0.2, -0.15) is 0 Å². The van der Waals surface area contributed by atoms with Gasteiger partial charge in [-0.3, -0.25) is 14.4 Å². The molecule has 6 nitrogen and oxygen atoms in total. The van der Waals surface area contributed by atoms with Gasteiger partial charge >= 0.3 is 17.9 Å². The second-order valence-corrected chi connectivity index (χ2v) is 17.5. The van der Waals surface area contributed by atoms with Crippen molar-refractivity contribution in [3.63, 3.8) is 0 Å². The highest BCUT2D eigenvalue weighted by Crippen LogP contribution is 2.13. The first-order valence-corrected chi connectivity index (χ1v) is 26.9. The van der Waals surface area contributed by atoms with Crippen molar-refractivity contribution >= 4 is 17.9 Å². The molecule has 0 aromatic carbocycles. The van der Waals surface area contributed by atoms with Crippen molar-refractivity contribution in [2.75, 3.05) is 13.2 Å². The molecule has 6 heteroatoms. The van der Waals surface area contributed by atoms with Crippen LogP contribution in [0.4, 0.5) is 0 Å². The van der Waals surface area contributed by atoms with Crippen molar-refractivity contribution in [1.82, 2.24) is 0 Å². The minimum absolute atomic E-state index is 0.117. The van der Waals surface area contributed by atoms with Gasteiger partial charge in [0.25, 0.3) is 0 Å². The van der Waals surface area contributed by atoms with Crippen LogP contribution >= 0.6 is 0 Å². The van der Waals surface area contributed by atoms with Gasteiger partial charge in [0.15, 0.2) is 6.10 Å². The first-order chi connectivity index (χ1) is 32.5. The first-order valence-electron chi connectivity index (χ1n) is 26.9. The fourth-order valence-electron chi connectivity index (χ4n) is 7.01. The van der Waals surface area contributed by atoms with E-state index in [0.717, 1.165) is 109 Å². The van der Waals surface area contributed by atoms with Gasteiger partial charge in [-0.05, 0) is 103 Å². The van der Waals surface area contributed by atoms with Gasteiger partial charge in [0.1, 0.15) is 13.2 Å². The number of carbonyl (C=O) groups is 3. The molecule has 0 amide bonds. The highest BCUT2D eigenvalue weighted by Gasteiger charge is 2.19. The molecule has 66 heavy (non-hydrogen) atoms. The topological polar surface area (TPSA) is 78.9 Å². The third-order valence-corrected chi connectivity index (χ3v) is 11.1. The molecule has 0 N–H and O–H groups in total. The molecule has 0 aliphatic heterocycles. The number of hydrogen-bond acceptors (Lipinski definition) is 6. The van der Waals surface area contributed by atoms with Crippen LogP contribution < -0.4 is 0 Å². The highest BCUT2D eigenvalue weighted by molar-refractivity contribution is 5.71. The number of esters is 3. The van der Waals surface area contributed by atoms with Crippen molar-refractivity contribution in [3.8, 4) is 0 Å². The second kappa shape index (κ2) is 53.7. The summed E-state index contributed by atoms with van der Waals surface area (Å²) in [5, 5.41) is 0. The molecule has 0 rings (SSSR count). The second-order valence-electron chi connectivity index (χ2n) is 17.5. The van der Waals surface area contributed by atoms with Gasteiger partial charge < -0.3 is 14.2 Å². The van der Waals surface area contributed by atoms with Crippen LogP contribution in [0.25, 0.3) is 0 Å². The number of allylic oxidation sites excluding steroid dienone is 18. The largest absolute Gasteiger partial charge is 0.462 e. The number of carbonyl (C=O) groups excluding carboxylic acids is 3. The van der Waals surface area contributed by atoms with E-state index < -0.39 is 6.10 Å². The summed E-state index contributed by atoms with van der Waals surface area (Å²) in [5.74, 6) is -1.01. The molecule has 0 radical (unpaired) electrons. The lowest BCUT2D eigenvalue weighted by molar-refractivity contribution is -0.167. The van der Waals surface area contributed by atoms with Crippen molar-refractivity contribution in [1.29, 1.82) is 0 Å². The maximum Gasteiger partial charge on any atom is 0.306 e. The van der Waals surface area contributed by atoms with Crippen LogP contribution in [-0.2, 0) is 28.6 Å². The molecule has 0 aliphatic rings. The molecule has 374 valence electrons. The third-order valence-electron chi connectivity index (χ3n) is 11.1. The minimum atomic E-state index is -0.823. The van der Waals surface area contributed by atoms with E-state index in [9.17, 15) is 14.4 Å². The standard InChI is InChI=1S/C60H98O6/c1-4-7-10-13-16-19-22-25-27-29-31-32-35-38-41-44-47-50-53-59(62)65-56-57(55-64-58(61)52-49-46-43-40-37-34-24-21-18-15-12-9-6-3)66-60(63)54-51-48-45-42-39-36-33-30-28-26-23-20-17-14-11-8-5-2/h9,12,15,17-18,20-21,24,26-29,31-33,36,42,45,57H,4-8,10-11,13-14,16,19,22-23,25,30,34-35,37-41,43-44,46-56H2,1-3H3/b12-9-,18-15-,20-17-,24-21-,28-26-,29-27-,32-31-,36-33-,45-42-. The van der Waals surface area contributed by atoms with E-state index in [0.29, 0.717) is 19.3 Å². The summed E-state index contributed by atoms with van der Waals surface area (Å²) in [6, 6.07) is 0. The Morgan fingerprint density at radius 1 is 0.333 bits per heavy atom. The Balaban J connectivity index is 4.53. The summed E-state index contributed by atoms with van der Waals surface area (Å²) < 4.78 is 16.7. The van der Waals surface area contributed by atoms with Crippen LogP contribution in [0.5, 0.6) is 0 Å². The van der Waals surface area contributed by atoms with Gasteiger partial charge in [-0.25, -0.2) is 0 Å². The van der Waals surface area contributed by atoms with Crippen LogP contribution in [-0.4, -0.2) is 37.2 Å². The maximum absolute atomic E-state index is 12.8. The molecule has 0 heterocycles. The summed E-state index contributed by atoms with van der Waals surface area (Å²) >= 11 is 0. The molecule has 1 atom stereocenters. The Hall–Kier alpha value is -3.93. The van der Waals surface area contributed by atoms with Crippen LogP contribution in [0.2, 0.25) is 0 Å². The molecule has 0 fully saturated rings. The summed E-state index contributed by atoms with van der Waals surface area (Å²) in [5.41, 5.74) is 0. The smallest absolute Gasteiger partial charge is 0.306 e. The highest BCUT2D eigenvalue weighted by atomic mass is 16.6. The van der Waals surface area contributed by atoms with Gasteiger partial charge in [0.05, 0.1) is 0 Å². The lowest BCUT2D eigenvalue weighted by Gasteiger charge is -2.18. The molecule has 1 unspecified atom stereocenters. The van der Waals surface area contributed by atoms with E-state index in [2.05, 4.69) is 130 Å². The van der Waals surface area contributed by atoms with E-state index in [1.807, 2.05) is 0 Å². The average molecular weight is 915 g/mol. The lowest BCUT2D eigenvalue weighted by Crippen LogP contribution is -2.30. The number of hydrogen-bond donors (Lipinski definition) is 0. The van der Waals surface area contributed by atoms with Crippen LogP contribution in [0.3, 0.4) is 0 Å². The summed E-state index contributed by atoms with van der Waals surface area (Å²) in [6.07, 6.45) is 72.2. The SMILES string of the molecule is CC\C=C/C=C\C=C/CCCCCCCC(=O)OCC(COC(=O)CCCCCCC/C=C\C=C/CCCCCCCCC)OC(=O)CCC/C=C\C/C=C\C/C=C\C/C=C\CCCCC. The number of rotatable bonds is 47. The van der Waals surface area contributed by atoms with E-state index in [1.54, 1.807) is 0 Å². The first kappa shape index (κ1) is 62.1. The zero-order valence-electron chi connectivity index (χ0n) is 42.7. The zero-order chi connectivity index (χ0) is 47.9. The molecule has 0 spiro atoms. The minimum Gasteiger partial charge on any atom is -0.462 e. The van der Waals surface area contributed by atoms with Crippen LogP contribution in [0, 0.1) is 0 Å². The Morgan fingerprint density at radius 2 is 0.667 bits per heavy atom. The zero-order valence-corrected chi connectivity index (χ0v) is 42.7. The predicted octanol–water partition coefficient (Wildman–Crippen LogP) is 17.9. The summed E-state index contributed by atoms with van der Waals surface area (Å²) in [6.45, 7) is 6.39.